The molecule has 1 fully saturated rings. The molecular formula is C12H16FNO2. The monoisotopic (exact) mass is 225 g/mol. The van der Waals surface area contributed by atoms with Crippen LogP contribution in [0.4, 0.5) is 9.18 Å². The summed E-state index contributed by atoms with van der Waals surface area (Å²) < 4.78 is 16.8. The first-order chi connectivity index (χ1) is 7.59. The Kier molecular flexibility index (Phi) is 4.76. The van der Waals surface area contributed by atoms with Crippen LogP contribution in [-0.4, -0.2) is 31.2 Å². The summed E-state index contributed by atoms with van der Waals surface area (Å²) in [6.45, 7) is 3.35. The number of halogens is 1. The number of rotatable bonds is 0. The van der Waals surface area contributed by atoms with E-state index in [-0.39, 0.29) is 11.9 Å². The first kappa shape index (κ1) is 12.5. The molecule has 1 aliphatic rings. The van der Waals surface area contributed by atoms with Crippen LogP contribution >= 0.6 is 0 Å². The lowest BCUT2D eigenvalue weighted by molar-refractivity contribution is 0.0831. The molecule has 0 unspecified atom stereocenters. The molecule has 4 heteroatoms. The standard InChI is InChI=1S/C7H7F.C5H9NO2/c1-6-2-4-7(8)5-3-6;1-6-3-2-4-8-5(6)7/h2-5H,1H3;2-4H2,1H3. The average Bonchev–Trinajstić information content (AvgIpc) is 2.28. The van der Waals surface area contributed by atoms with Crippen LogP contribution in [0.3, 0.4) is 0 Å². The summed E-state index contributed by atoms with van der Waals surface area (Å²) in [5.74, 6) is -0.171. The van der Waals surface area contributed by atoms with Crippen molar-refractivity contribution in [2.75, 3.05) is 20.2 Å². The third-order valence-corrected chi connectivity index (χ3v) is 2.19. The molecule has 1 amide bonds. The molecule has 1 aromatic rings. The molecule has 3 nitrogen and oxygen atoms in total. The lowest BCUT2D eigenvalue weighted by atomic mass is 10.2. The van der Waals surface area contributed by atoms with E-state index in [2.05, 4.69) is 4.74 Å². The Bertz CT molecular complexity index is 316. The lowest BCUT2D eigenvalue weighted by Gasteiger charge is -2.21. The molecule has 16 heavy (non-hydrogen) atoms. The summed E-state index contributed by atoms with van der Waals surface area (Å²) in [6, 6.07) is 6.40. The van der Waals surface area contributed by atoms with Crippen molar-refractivity contribution in [1.82, 2.24) is 4.90 Å². The van der Waals surface area contributed by atoms with Crippen molar-refractivity contribution in [2.45, 2.75) is 13.3 Å². The van der Waals surface area contributed by atoms with Gasteiger partial charge in [-0.15, -0.1) is 0 Å². The molecule has 0 atom stereocenters. The van der Waals surface area contributed by atoms with Gasteiger partial charge in [-0.3, -0.25) is 0 Å². The van der Waals surface area contributed by atoms with E-state index in [9.17, 15) is 9.18 Å². The van der Waals surface area contributed by atoms with Crippen LogP contribution in [0.25, 0.3) is 0 Å². The zero-order valence-electron chi connectivity index (χ0n) is 9.57. The van der Waals surface area contributed by atoms with Crippen LogP contribution in [-0.2, 0) is 4.74 Å². The van der Waals surface area contributed by atoms with Crippen LogP contribution in [0.15, 0.2) is 24.3 Å². The van der Waals surface area contributed by atoms with Gasteiger partial charge >= 0.3 is 6.09 Å². The number of aryl methyl sites for hydroxylation is 1. The van der Waals surface area contributed by atoms with Crippen LogP contribution in [0, 0.1) is 12.7 Å². The molecule has 0 aliphatic carbocycles. The van der Waals surface area contributed by atoms with Gasteiger partial charge in [0.05, 0.1) is 6.61 Å². The number of hydrogen-bond acceptors (Lipinski definition) is 2. The van der Waals surface area contributed by atoms with Gasteiger partial charge in [0.25, 0.3) is 0 Å². The Labute approximate surface area is 94.8 Å². The fourth-order valence-electron chi connectivity index (χ4n) is 1.20. The minimum atomic E-state index is -0.198. The Morgan fingerprint density at radius 3 is 2.31 bits per heavy atom. The van der Waals surface area contributed by atoms with Gasteiger partial charge in [-0.25, -0.2) is 9.18 Å². The minimum absolute atomic E-state index is 0.171. The number of ether oxygens (including phenoxy) is 1. The number of benzene rings is 1. The molecule has 0 saturated carbocycles. The molecular weight excluding hydrogens is 209 g/mol. The fraction of sp³-hybridized carbons (Fsp3) is 0.417. The van der Waals surface area contributed by atoms with Crippen molar-refractivity contribution in [1.29, 1.82) is 0 Å². The Balaban J connectivity index is 0.000000160. The highest BCUT2D eigenvalue weighted by atomic mass is 19.1. The molecule has 0 bridgehead atoms. The van der Waals surface area contributed by atoms with E-state index in [0.29, 0.717) is 6.61 Å². The van der Waals surface area contributed by atoms with Gasteiger partial charge < -0.3 is 9.64 Å². The van der Waals surface area contributed by atoms with E-state index in [1.807, 2.05) is 6.92 Å². The fourth-order valence-corrected chi connectivity index (χ4v) is 1.20. The highest BCUT2D eigenvalue weighted by Crippen LogP contribution is 1.99. The van der Waals surface area contributed by atoms with Gasteiger partial charge in [-0.1, -0.05) is 17.7 Å². The first-order valence-electron chi connectivity index (χ1n) is 5.19. The normalized spacial score (nSPS) is 14.9. The number of hydrogen-bond donors (Lipinski definition) is 0. The van der Waals surface area contributed by atoms with Crippen molar-refractivity contribution in [3.8, 4) is 0 Å². The molecule has 1 heterocycles. The Hall–Kier alpha value is -1.58. The molecule has 0 N–H and O–H groups in total. The third-order valence-electron chi connectivity index (χ3n) is 2.19. The van der Waals surface area contributed by atoms with Crippen LogP contribution < -0.4 is 0 Å². The van der Waals surface area contributed by atoms with E-state index >= 15 is 0 Å². The summed E-state index contributed by atoms with van der Waals surface area (Å²) in [5.41, 5.74) is 1.09. The smallest absolute Gasteiger partial charge is 0.409 e. The number of carbonyl (C=O) groups excluding carboxylic acids is 1. The number of nitrogens with zero attached hydrogens (tertiary/aromatic N) is 1. The minimum Gasteiger partial charge on any atom is -0.449 e. The van der Waals surface area contributed by atoms with E-state index < -0.39 is 0 Å². The zero-order valence-corrected chi connectivity index (χ0v) is 9.57. The molecule has 0 radical (unpaired) electrons. The first-order valence-corrected chi connectivity index (χ1v) is 5.19. The average molecular weight is 225 g/mol. The maximum Gasteiger partial charge on any atom is 0.409 e. The topological polar surface area (TPSA) is 29.5 Å². The van der Waals surface area contributed by atoms with Crippen molar-refractivity contribution in [3.63, 3.8) is 0 Å². The lowest BCUT2D eigenvalue weighted by Crippen LogP contribution is -2.33. The molecule has 88 valence electrons. The zero-order chi connectivity index (χ0) is 12.0. The van der Waals surface area contributed by atoms with Crippen LogP contribution in [0.1, 0.15) is 12.0 Å². The van der Waals surface area contributed by atoms with Crippen LogP contribution in [0.2, 0.25) is 0 Å². The number of carbonyl (C=O) groups is 1. The van der Waals surface area contributed by atoms with Gasteiger partial charge in [-0.05, 0) is 25.5 Å². The molecule has 1 saturated heterocycles. The van der Waals surface area contributed by atoms with Gasteiger partial charge in [0, 0.05) is 13.6 Å². The highest BCUT2D eigenvalue weighted by Gasteiger charge is 2.13. The largest absolute Gasteiger partial charge is 0.449 e. The van der Waals surface area contributed by atoms with Gasteiger partial charge in [0.1, 0.15) is 5.82 Å². The van der Waals surface area contributed by atoms with Gasteiger partial charge in [0.2, 0.25) is 0 Å². The second kappa shape index (κ2) is 6.10. The molecule has 0 aromatic heterocycles. The van der Waals surface area contributed by atoms with Crippen LogP contribution in [0.5, 0.6) is 0 Å². The number of amides is 1. The number of cyclic esters (lactones) is 1. The molecule has 1 aliphatic heterocycles. The summed E-state index contributed by atoms with van der Waals surface area (Å²) >= 11 is 0. The van der Waals surface area contributed by atoms with E-state index in [1.54, 1.807) is 24.1 Å². The highest BCUT2D eigenvalue weighted by molar-refractivity contribution is 5.67. The van der Waals surface area contributed by atoms with Gasteiger partial charge in [0.15, 0.2) is 0 Å². The Morgan fingerprint density at radius 2 is 1.94 bits per heavy atom. The second-order valence-corrected chi connectivity index (χ2v) is 3.69. The second-order valence-electron chi connectivity index (χ2n) is 3.69. The Morgan fingerprint density at radius 1 is 1.31 bits per heavy atom. The molecule has 1 aromatic carbocycles. The van der Waals surface area contributed by atoms with Crippen molar-refractivity contribution < 1.29 is 13.9 Å². The quantitative estimate of drug-likeness (QED) is 0.679. The van der Waals surface area contributed by atoms with Crippen molar-refractivity contribution in [2.24, 2.45) is 0 Å². The summed E-state index contributed by atoms with van der Waals surface area (Å²) in [4.78, 5) is 12.1. The summed E-state index contributed by atoms with van der Waals surface area (Å²) in [6.07, 6.45) is 0.763. The predicted molar refractivity (Wildman–Crippen MR) is 59.7 cm³/mol. The van der Waals surface area contributed by atoms with Crippen molar-refractivity contribution in [3.05, 3.63) is 35.6 Å². The van der Waals surface area contributed by atoms with E-state index in [4.69, 9.17) is 0 Å². The van der Waals surface area contributed by atoms with Crippen molar-refractivity contribution >= 4 is 6.09 Å². The maximum absolute atomic E-state index is 12.1. The predicted octanol–water partition coefficient (Wildman–Crippen LogP) is 2.59. The maximum atomic E-state index is 12.1. The molecule has 0 spiro atoms. The van der Waals surface area contributed by atoms with E-state index in [0.717, 1.165) is 18.5 Å². The van der Waals surface area contributed by atoms with E-state index in [1.165, 1.54) is 12.1 Å². The van der Waals surface area contributed by atoms with Gasteiger partial charge in [-0.2, -0.15) is 0 Å². The SMILES string of the molecule is CN1CCCOC1=O.Cc1ccc(F)cc1. The summed E-state index contributed by atoms with van der Waals surface area (Å²) in [7, 11) is 1.74. The molecule has 2 rings (SSSR count). The third kappa shape index (κ3) is 4.29. The summed E-state index contributed by atoms with van der Waals surface area (Å²) in [5, 5.41) is 0.